The molecule has 4 aromatic rings. The van der Waals surface area contributed by atoms with Gasteiger partial charge in [0.05, 0.1) is 10.6 Å². The molecular weight excluding hydrogens is 360 g/mol. The van der Waals surface area contributed by atoms with Gasteiger partial charge >= 0.3 is 0 Å². The van der Waals surface area contributed by atoms with E-state index in [1.165, 1.54) is 10.8 Å². The molecule has 4 nitrogen and oxygen atoms in total. The van der Waals surface area contributed by atoms with Crippen molar-refractivity contribution in [2.75, 3.05) is 11.9 Å². The van der Waals surface area contributed by atoms with E-state index in [1.54, 1.807) is 12.1 Å². The summed E-state index contributed by atoms with van der Waals surface area (Å²) >= 11 is 0. The summed E-state index contributed by atoms with van der Waals surface area (Å²) < 4.78 is 0. The van der Waals surface area contributed by atoms with Gasteiger partial charge in [-0.3, -0.25) is 10.1 Å². The minimum atomic E-state index is -0.362. The van der Waals surface area contributed by atoms with E-state index in [2.05, 4.69) is 60.5 Å². The molecule has 4 heteroatoms. The van der Waals surface area contributed by atoms with Crippen molar-refractivity contribution in [3.8, 4) is 0 Å². The fourth-order valence-electron chi connectivity index (χ4n) is 4.20. The van der Waals surface area contributed by atoms with Gasteiger partial charge in [0.1, 0.15) is 0 Å². The normalized spacial score (nSPS) is 13.1. The first-order valence-corrected chi connectivity index (χ1v) is 9.45. The van der Waals surface area contributed by atoms with Crippen LogP contribution in [0.15, 0.2) is 91.0 Å². The fraction of sp³-hybridized carbons (Fsp3) is 0.0400. The maximum absolute atomic E-state index is 11.1. The van der Waals surface area contributed by atoms with E-state index in [1.807, 2.05) is 30.3 Å². The van der Waals surface area contributed by atoms with Gasteiger partial charge in [-0.15, -0.1) is 0 Å². The molecule has 29 heavy (non-hydrogen) atoms. The van der Waals surface area contributed by atoms with Crippen molar-refractivity contribution in [2.24, 2.45) is 0 Å². The van der Waals surface area contributed by atoms with Gasteiger partial charge in [0.25, 0.3) is 5.69 Å². The monoisotopic (exact) mass is 378 g/mol. The summed E-state index contributed by atoms with van der Waals surface area (Å²) in [5, 5.41) is 13.5. The smallest absolute Gasteiger partial charge is 0.269 e. The predicted molar refractivity (Wildman–Crippen MR) is 118 cm³/mol. The highest BCUT2D eigenvalue weighted by atomic mass is 16.6. The molecule has 0 amide bonds. The molecule has 0 spiro atoms. The van der Waals surface area contributed by atoms with Crippen LogP contribution < -0.4 is 4.90 Å². The Morgan fingerprint density at radius 2 is 1.45 bits per heavy atom. The first-order valence-electron chi connectivity index (χ1n) is 9.45. The molecule has 0 saturated heterocycles. The van der Waals surface area contributed by atoms with Crippen LogP contribution in [0.5, 0.6) is 0 Å². The second kappa shape index (κ2) is 6.60. The highest BCUT2D eigenvalue weighted by molar-refractivity contribution is 6.17. The number of hydrogen-bond acceptors (Lipinski definition) is 3. The van der Waals surface area contributed by atoms with E-state index in [9.17, 15) is 10.1 Å². The third-order valence-electron chi connectivity index (χ3n) is 5.50. The second-order valence-corrected chi connectivity index (χ2v) is 7.13. The van der Waals surface area contributed by atoms with Crippen molar-refractivity contribution < 1.29 is 4.92 Å². The van der Waals surface area contributed by atoms with E-state index in [-0.39, 0.29) is 10.6 Å². The first-order chi connectivity index (χ1) is 14.1. The second-order valence-electron chi connectivity index (χ2n) is 7.13. The van der Waals surface area contributed by atoms with Gasteiger partial charge in [-0.25, -0.2) is 0 Å². The van der Waals surface area contributed by atoms with Crippen LogP contribution in [0.1, 0.15) is 16.7 Å². The molecule has 0 unspecified atom stereocenters. The van der Waals surface area contributed by atoms with Crippen molar-refractivity contribution in [1.29, 1.82) is 0 Å². The topological polar surface area (TPSA) is 46.4 Å². The van der Waals surface area contributed by atoms with E-state index in [4.69, 9.17) is 0 Å². The van der Waals surface area contributed by atoms with E-state index < -0.39 is 0 Å². The highest BCUT2D eigenvalue weighted by Crippen LogP contribution is 2.46. The fourth-order valence-corrected chi connectivity index (χ4v) is 4.20. The minimum Gasteiger partial charge on any atom is -0.343 e. The molecule has 0 N–H and O–H groups in total. The Morgan fingerprint density at radius 3 is 2.14 bits per heavy atom. The number of nitro groups is 1. The molecule has 140 valence electrons. The average molecular weight is 378 g/mol. The third kappa shape index (κ3) is 2.69. The average Bonchev–Trinajstić information content (AvgIpc) is 2.76. The number of rotatable bonds is 3. The zero-order chi connectivity index (χ0) is 20.0. The molecule has 0 saturated carbocycles. The molecule has 0 aromatic heterocycles. The lowest BCUT2D eigenvalue weighted by molar-refractivity contribution is -0.384. The van der Waals surface area contributed by atoms with Crippen LogP contribution in [-0.2, 0) is 0 Å². The van der Waals surface area contributed by atoms with Gasteiger partial charge in [-0.05, 0) is 40.3 Å². The quantitative estimate of drug-likeness (QED) is 0.319. The minimum absolute atomic E-state index is 0.0957. The van der Waals surface area contributed by atoms with Gasteiger partial charge in [-0.2, -0.15) is 0 Å². The summed E-state index contributed by atoms with van der Waals surface area (Å²) in [4.78, 5) is 13.0. The Labute approximate surface area is 168 Å². The van der Waals surface area contributed by atoms with Crippen molar-refractivity contribution in [2.45, 2.75) is 0 Å². The lowest BCUT2D eigenvalue weighted by Crippen LogP contribution is -2.21. The van der Waals surface area contributed by atoms with Gasteiger partial charge in [-0.1, -0.05) is 60.7 Å². The molecule has 0 aliphatic carbocycles. The molecule has 0 atom stereocenters. The molecule has 0 fully saturated rings. The maximum Gasteiger partial charge on any atom is 0.269 e. The Balaban J connectivity index is 1.86. The van der Waals surface area contributed by atoms with Crippen molar-refractivity contribution in [1.82, 2.24) is 0 Å². The number of hydrogen-bond donors (Lipinski definition) is 0. The zero-order valence-corrected chi connectivity index (χ0v) is 15.9. The predicted octanol–water partition coefficient (Wildman–Crippen LogP) is 6.11. The van der Waals surface area contributed by atoms with Crippen LogP contribution in [0.4, 0.5) is 11.4 Å². The van der Waals surface area contributed by atoms with E-state index in [0.717, 1.165) is 33.6 Å². The Hall–Kier alpha value is -3.92. The van der Waals surface area contributed by atoms with Gasteiger partial charge in [0.15, 0.2) is 0 Å². The molecule has 0 bridgehead atoms. The molecule has 4 aromatic carbocycles. The number of nitro benzene ring substituents is 1. The van der Waals surface area contributed by atoms with Crippen LogP contribution in [-0.4, -0.2) is 12.0 Å². The largest absolute Gasteiger partial charge is 0.343 e. The molecule has 0 radical (unpaired) electrons. The van der Waals surface area contributed by atoms with E-state index in [0.29, 0.717) is 0 Å². The summed E-state index contributed by atoms with van der Waals surface area (Å²) in [6, 6.07) is 29.8. The summed E-state index contributed by atoms with van der Waals surface area (Å²) in [5.41, 5.74) is 6.63. The lowest BCUT2D eigenvalue weighted by Gasteiger charge is -2.33. The highest BCUT2D eigenvalue weighted by Gasteiger charge is 2.26. The Morgan fingerprint density at radius 1 is 0.759 bits per heavy atom. The molecule has 1 aliphatic heterocycles. The van der Waals surface area contributed by atoms with Crippen LogP contribution in [0.2, 0.25) is 0 Å². The third-order valence-corrected chi connectivity index (χ3v) is 5.50. The zero-order valence-electron chi connectivity index (χ0n) is 15.9. The molecule has 1 aliphatic rings. The summed E-state index contributed by atoms with van der Waals surface area (Å²) in [5.74, 6) is 0. The van der Waals surface area contributed by atoms with Crippen molar-refractivity contribution in [3.63, 3.8) is 0 Å². The van der Waals surface area contributed by atoms with Gasteiger partial charge in [0.2, 0.25) is 0 Å². The van der Waals surface area contributed by atoms with Crippen LogP contribution in [0.3, 0.4) is 0 Å². The molecular formula is C25H18N2O2. The Bertz CT molecular complexity index is 1270. The summed E-state index contributed by atoms with van der Waals surface area (Å²) in [7, 11) is 2.08. The van der Waals surface area contributed by atoms with E-state index >= 15 is 0 Å². The maximum atomic E-state index is 11.1. The van der Waals surface area contributed by atoms with Crippen LogP contribution >= 0.6 is 0 Å². The summed E-state index contributed by atoms with van der Waals surface area (Å²) in [6.45, 7) is 0. The number of anilines is 1. The lowest BCUT2D eigenvalue weighted by atomic mass is 9.85. The first kappa shape index (κ1) is 17.2. The standard InChI is InChI=1S/C25H18N2O2/c1-26-22-12-6-10-17-9-5-11-21(23(17)22)24(25(26)19-7-3-2-4-8-19)18-13-15-20(16-14-18)27(28)29/h2-16H,1H3. The van der Waals surface area contributed by atoms with Gasteiger partial charge in [0, 0.05) is 35.8 Å². The number of non-ortho nitro benzene ring substituents is 1. The number of benzene rings is 4. The Kier molecular flexibility index (Phi) is 3.91. The van der Waals surface area contributed by atoms with Crippen LogP contribution in [0, 0.1) is 10.1 Å². The van der Waals surface area contributed by atoms with Crippen molar-refractivity contribution in [3.05, 3.63) is 118 Å². The summed E-state index contributed by atoms with van der Waals surface area (Å²) in [6.07, 6.45) is 0. The molecule has 1 heterocycles. The van der Waals surface area contributed by atoms with Crippen LogP contribution in [0.25, 0.3) is 22.0 Å². The number of nitrogens with zero attached hydrogens (tertiary/aromatic N) is 2. The SMILES string of the molecule is CN1C(c2ccccc2)=C(c2ccc([N+](=O)[O-])cc2)c2cccc3cccc1c23. The molecule has 5 rings (SSSR count). The van der Waals surface area contributed by atoms with Gasteiger partial charge < -0.3 is 4.90 Å². The van der Waals surface area contributed by atoms with Crippen molar-refractivity contribution >= 4 is 33.4 Å².